The second kappa shape index (κ2) is 3.61. The highest BCUT2D eigenvalue weighted by atomic mass is 16.3. The quantitative estimate of drug-likeness (QED) is 0.668. The highest BCUT2D eigenvalue weighted by Crippen LogP contribution is 2.40. The minimum atomic E-state index is -0.731. The summed E-state index contributed by atoms with van der Waals surface area (Å²) >= 11 is 0. The summed E-state index contributed by atoms with van der Waals surface area (Å²) in [5.41, 5.74) is 2.76. The zero-order valence-electron chi connectivity index (χ0n) is 10.5. The number of benzene rings is 1. The van der Waals surface area contributed by atoms with E-state index in [1.54, 1.807) is 0 Å². The monoisotopic (exact) mass is 229 g/mol. The lowest BCUT2D eigenvalue weighted by Crippen LogP contribution is -2.29. The summed E-state index contributed by atoms with van der Waals surface area (Å²) in [6.07, 6.45) is 3.32. The first-order valence-electron chi connectivity index (χ1n) is 6.43. The molecule has 3 rings (SSSR count). The van der Waals surface area contributed by atoms with Crippen LogP contribution in [0.4, 0.5) is 0 Å². The molecule has 1 heterocycles. The van der Waals surface area contributed by atoms with E-state index in [4.69, 9.17) is 0 Å². The Hall–Kier alpha value is -1.28. The number of rotatable bonds is 0. The van der Waals surface area contributed by atoms with E-state index in [1.165, 1.54) is 10.9 Å². The fourth-order valence-electron chi connectivity index (χ4n) is 3.00. The van der Waals surface area contributed by atoms with Gasteiger partial charge in [0.25, 0.3) is 0 Å². The third kappa shape index (κ3) is 1.51. The summed E-state index contributed by atoms with van der Waals surface area (Å²) in [7, 11) is 0. The van der Waals surface area contributed by atoms with Gasteiger partial charge in [0, 0.05) is 10.9 Å². The van der Waals surface area contributed by atoms with E-state index >= 15 is 0 Å². The Kier molecular flexibility index (Phi) is 2.30. The number of aliphatic hydroxyl groups is 1. The first kappa shape index (κ1) is 10.8. The largest absolute Gasteiger partial charge is 0.384 e. The molecule has 1 aliphatic rings. The summed E-state index contributed by atoms with van der Waals surface area (Å²) < 4.78 is 0. The zero-order valence-corrected chi connectivity index (χ0v) is 10.5. The molecule has 2 unspecified atom stereocenters. The van der Waals surface area contributed by atoms with Crippen molar-refractivity contribution in [2.24, 2.45) is 5.92 Å². The summed E-state index contributed by atoms with van der Waals surface area (Å²) in [5, 5.41) is 12.0. The van der Waals surface area contributed by atoms with Crippen molar-refractivity contribution < 1.29 is 5.11 Å². The maximum absolute atomic E-state index is 10.7. The van der Waals surface area contributed by atoms with Gasteiger partial charge in [-0.1, -0.05) is 25.1 Å². The Morgan fingerprint density at radius 1 is 1.35 bits per heavy atom. The molecule has 0 saturated carbocycles. The van der Waals surface area contributed by atoms with Crippen LogP contribution >= 0.6 is 0 Å². The lowest BCUT2D eigenvalue weighted by Gasteiger charge is -2.28. The molecular formula is C15H19NO. The summed E-state index contributed by atoms with van der Waals surface area (Å²) in [6, 6.07) is 8.34. The van der Waals surface area contributed by atoms with Gasteiger partial charge in [-0.15, -0.1) is 0 Å². The SMILES string of the molecule is CC1CCCc2c([nH]c3ccccc23)C1(C)O. The first-order valence-corrected chi connectivity index (χ1v) is 6.43. The van der Waals surface area contributed by atoms with E-state index in [0.29, 0.717) is 5.92 Å². The Morgan fingerprint density at radius 2 is 2.12 bits per heavy atom. The van der Waals surface area contributed by atoms with Crippen molar-refractivity contribution in [2.75, 3.05) is 0 Å². The first-order chi connectivity index (χ1) is 8.10. The van der Waals surface area contributed by atoms with E-state index in [0.717, 1.165) is 30.5 Å². The van der Waals surface area contributed by atoms with Crippen LogP contribution in [-0.4, -0.2) is 10.1 Å². The molecule has 0 fully saturated rings. The van der Waals surface area contributed by atoms with Crippen molar-refractivity contribution in [1.29, 1.82) is 0 Å². The van der Waals surface area contributed by atoms with Crippen LogP contribution in [-0.2, 0) is 12.0 Å². The third-order valence-electron chi connectivity index (χ3n) is 4.34. The van der Waals surface area contributed by atoms with Crippen molar-refractivity contribution in [3.8, 4) is 0 Å². The molecule has 0 amide bonds. The van der Waals surface area contributed by atoms with Gasteiger partial charge in [-0.3, -0.25) is 0 Å². The second-order valence-corrected chi connectivity index (χ2v) is 5.46. The van der Waals surface area contributed by atoms with Gasteiger partial charge >= 0.3 is 0 Å². The Bertz CT molecular complexity index is 553. The number of aromatic nitrogens is 1. The third-order valence-corrected chi connectivity index (χ3v) is 4.34. The molecule has 0 aliphatic heterocycles. The Balaban J connectivity index is 2.29. The van der Waals surface area contributed by atoms with Crippen molar-refractivity contribution in [3.05, 3.63) is 35.5 Å². The van der Waals surface area contributed by atoms with Crippen LogP contribution in [0.1, 0.15) is 37.9 Å². The normalized spacial score (nSPS) is 29.0. The predicted molar refractivity (Wildman–Crippen MR) is 70.0 cm³/mol. The van der Waals surface area contributed by atoms with Gasteiger partial charge in [0.05, 0.1) is 5.69 Å². The second-order valence-electron chi connectivity index (χ2n) is 5.46. The van der Waals surface area contributed by atoms with Crippen LogP contribution < -0.4 is 0 Å². The highest BCUT2D eigenvalue weighted by molar-refractivity contribution is 5.85. The van der Waals surface area contributed by atoms with Gasteiger partial charge in [-0.25, -0.2) is 0 Å². The highest BCUT2D eigenvalue weighted by Gasteiger charge is 2.36. The topological polar surface area (TPSA) is 36.0 Å². The molecule has 0 saturated heterocycles. The average molecular weight is 229 g/mol. The lowest BCUT2D eigenvalue weighted by molar-refractivity contribution is -0.00335. The minimum Gasteiger partial charge on any atom is -0.384 e. The lowest BCUT2D eigenvalue weighted by atomic mass is 9.86. The average Bonchev–Trinajstić information content (AvgIpc) is 2.64. The van der Waals surface area contributed by atoms with Crippen LogP contribution in [0.2, 0.25) is 0 Å². The van der Waals surface area contributed by atoms with Gasteiger partial charge in [-0.2, -0.15) is 0 Å². The van der Waals surface area contributed by atoms with Crippen molar-refractivity contribution >= 4 is 10.9 Å². The van der Waals surface area contributed by atoms with E-state index in [9.17, 15) is 5.11 Å². The van der Waals surface area contributed by atoms with E-state index < -0.39 is 5.60 Å². The van der Waals surface area contributed by atoms with E-state index in [1.807, 2.05) is 13.0 Å². The van der Waals surface area contributed by atoms with Crippen LogP contribution in [0.15, 0.2) is 24.3 Å². The van der Waals surface area contributed by atoms with Gasteiger partial charge in [0.2, 0.25) is 0 Å². The molecule has 17 heavy (non-hydrogen) atoms. The van der Waals surface area contributed by atoms with Crippen molar-refractivity contribution in [1.82, 2.24) is 4.98 Å². The number of fused-ring (bicyclic) bond motifs is 3. The number of nitrogens with one attached hydrogen (secondary N) is 1. The number of aromatic amines is 1. The fourth-order valence-corrected chi connectivity index (χ4v) is 3.00. The van der Waals surface area contributed by atoms with Gasteiger partial charge < -0.3 is 10.1 Å². The maximum atomic E-state index is 10.7. The van der Waals surface area contributed by atoms with Crippen LogP contribution in [0.3, 0.4) is 0 Å². The minimum absolute atomic E-state index is 0.303. The van der Waals surface area contributed by atoms with Crippen LogP contribution in [0.5, 0.6) is 0 Å². The Labute approximate surface area is 102 Å². The fraction of sp³-hybridized carbons (Fsp3) is 0.467. The van der Waals surface area contributed by atoms with Gasteiger partial charge in [0.15, 0.2) is 0 Å². The summed E-state index contributed by atoms with van der Waals surface area (Å²) in [6.45, 7) is 4.08. The molecular weight excluding hydrogens is 210 g/mol. The zero-order chi connectivity index (χ0) is 12.0. The number of para-hydroxylation sites is 1. The number of hydrogen-bond donors (Lipinski definition) is 2. The van der Waals surface area contributed by atoms with Gasteiger partial charge in [-0.05, 0) is 43.7 Å². The number of H-pyrrole nitrogens is 1. The molecule has 1 aromatic heterocycles. The van der Waals surface area contributed by atoms with Crippen molar-refractivity contribution in [2.45, 2.75) is 38.7 Å². The molecule has 90 valence electrons. The van der Waals surface area contributed by atoms with E-state index in [-0.39, 0.29) is 0 Å². The number of aryl methyl sites for hydroxylation is 1. The maximum Gasteiger partial charge on any atom is 0.104 e. The van der Waals surface area contributed by atoms with E-state index in [2.05, 4.69) is 30.1 Å². The molecule has 2 atom stereocenters. The predicted octanol–water partition coefficient (Wildman–Crippen LogP) is 3.35. The molecule has 1 aromatic carbocycles. The smallest absolute Gasteiger partial charge is 0.104 e. The summed E-state index contributed by atoms with van der Waals surface area (Å²) in [4.78, 5) is 3.43. The molecule has 0 spiro atoms. The molecule has 2 heteroatoms. The molecule has 2 nitrogen and oxygen atoms in total. The standard InChI is InChI=1S/C15H19NO/c1-10-6-5-8-12-11-7-3-4-9-13(11)16-14(12)15(10,2)17/h3-4,7,9-10,16-17H,5-6,8H2,1-2H3. The van der Waals surface area contributed by atoms with Gasteiger partial charge in [0.1, 0.15) is 5.60 Å². The Morgan fingerprint density at radius 3 is 2.94 bits per heavy atom. The molecule has 2 N–H and O–H groups in total. The molecule has 0 bridgehead atoms. The molecule has 2 aromatic rings. The summed E-state index contributed by atoms with van der Waals surface area (Å²) in [5.74, 6) is 0.303. The van der Waals surface area contributed by atoms with Crippen LogP contribution in [0.25, 0.3) is 10.9 Å². The van der Waals surface area contributed by atoms with Crippen LogP contribution in [0, 0.1) is 5.92 Å². The number of hydrogen-bond acceptors (Lipinski definition) is 1. The molecule has 0 radical (unpaired) electrons. The molecule has 1 aliphatic carbocycles. The van der Waals surface area contributed by atoms with Crippen molar-refractivity contribution in [3.63, 3.8) is 0 Å².